The average Bonchev–Trinajstić information content (AvgIpc) is 2.05. The van der Waals surface area contributed by atoms with Crippen molar-refractivity contribution in [1.29, 1.82) is 0 Å². The highest BCUT2D eigenvalue weighted by molar-refractivity contribution is 4.91. The number of hydrogen-bond acceptors (Lipinski definition) is 1. The van der Waals surface area contributed by atoms with Crippen LogP contribution in [0.4, 0.5) is 0 Å². The molecule has 12 heavy (non-hydrogen) atoms. The molecule has 1 atom stereocenters. The summed E-state index contributed by atoms with van der Waals surface area (Å²) in [6, 6.07) is 0. The molecule has 1 saturated heterocycles. The van der Waals surface area contributed by atoms with Crippen molar-refractivity contribution < 1.29 is 0 Å². The lowest BCUT2D eigenvalue weighted by Gasteiger charge is -2.47. The lowest BCUT2D eigenvalue weighted by atomic mass is 9.79. The molecule has 1 rings (SSSR count). The van der Waals surface area contributed by atoms with Crippen molar-refractivity contribution in [3.63, 3.8) is 0 Å². The Bertz CT molecular complexity index is 142. The molecule has 1 unspecified atom stereocenters. The van der Waals surface area contributed by atoms with E-state index in [4.69, 9.17) is 0 Å². The van der Waals surface area contributed by atoms with Gasteiger partial charge in [-0.15, -0.1) is 0 Å². The summed E-state index contributed by atoms with van der Waals surface area (Å²) in [5.74, 6) is 0.790. The molecule has 0 saturated carbocycles. The Balaban J connectivity index is 2.68. The van der Waals surface area contributed by atoms with E-state index in [0.29, 0.717) is 5.54 Å². The van der Waals surface area contributed by atoms with E-state index in [1.165, 1.54) is 32.4 Å². The van der Waals surface area contributed by atoms with Crippen LogP contribution in [0.2, 0.25) is 0 Å². The standard InChI is InChI=1S/C11H23N/c1-5-12-9-7-6-8-11(12,4)10(2)3/h10H,5-9H2,1-4H3. The van der Waals surface area contributed by atoms with Crippen molar-refractivity contribution in [1.82, 2.24) is 4.90 Å². The number of piperidine rings is 1. The molecule has 0 radical (unpaired) electrons. The van der Waals surface area contributed by atoms with Gasteiger partial charge >= 0.3 is 0 Å². The average molecular weight is 169 g/mol. The Kier molecular flexibility index (Phi) is 3.16. The van der Waals surface area contributed by atoms with Gasteiger partial charge in [-0.25, -0.2) is 0 Å². The van der Waals surface area contributed by atoms with E-state index in [0.717, 1.165) is 5.92 Å². The fraction of sp³-hybridized carbons (Fsp3) is 1.00. The predicted octanol–water partition coefficient (Wildman–Crippen LogP) is 2.91. The van der Waals surface area contributed by atoms with Crippen molar-refractivity contribution in [2.45, 2.75) is 52.5 Å². The second-order valence-electron chi connectivity index (χ2n) is 4.55. The van der Waals surface area contributed by atoms with Crippen LogP contribution in [0.3, 0.4) is 0 Å². The highest BCUT2D eigenvalue weighted by atomic mass is 15.2. The largest absolute Gasteiger partial charge is 0.298 e. The summed E-state index contributed by atoms with van der Waals surface area (Å²) in [4.78, 5) is 2.65. The Morgan fingerprint density at radius 3 is 2.42 bits per heavy atom. The number of hydrogen-bond donors (Lipinski definition) is 0. The zero-order valence-corrected chi connectivity index (χ0v) is 9.06. The molecule has 0 amide bonds. The first kappa shape index (κ1) is 10.0. The lowest BCUT2D eigenvalue weighted by Crippen LogP contribution is -2.52. The maximum absolute atomic E-state index is 2.65. The minimum Gasteiger partial charge on any atom is -0.298 e. The molecular weight excluding hydrogens is 146 g/mol. The molecule has 0 N–H and O–H groups in total. The summed E-state index contributed by atoms with van der Waals surface area (Å²) < 4.78 is 0. The van der Waals surface area contributed by atoms with Crippen molar-refractivity contribution in [2.75, 3.05) is 13.1 Å². The van der Waals surface area contributed by atoms with Crippen LogP contribution in [0.15, 0.2) is 0 Å². The van der Waals surface area contributed by atoms with E-state index in [1.807, 2.05) is 0 Å². The summed E-state index contributed by atoms with van der Waals surface area (Å²) in [5.41, 5.74) is 0.479. The number of likely N-dealkylation sites (tertiary alicyclic amines) is 1. The van der Waals surface area contributed by atoms with E-state index >= 15 is 0 Å². The van der Waals surface area contributed by atoms with Crippen LogP contribution < -0.4 is 0 Å². The van der Waals surface area contributed by atoms with E-state index in [9.17, 15) is 0 Å². The van der Waals surface area contributed by atoms with E-state index in [-0.39, 0.29) is 0 Å². The van der Waals surface area contributed by atoms with Crippen LogP contribution >= 0.6 is 0 Å². The summed E-state index contributed by atoms with van der Waals surface area (Å²) in [5, 5.41) is 0. The first-order valence-corrected chi connectivity index (χ1v) is 5.36. The topological polar surface area (TPSA) is 3.24 Å². The second-order valence-corrected chi connectivity index (χ2v) is 4.55. The van der Waals surface area contributed by atoms with E-state index in [1.54, 1.807) is 0 Å². The van der Waals surface area contributed by atoms with Gasteiger partial charge in [0.15, 0.2) is 0 Å². The smallest absolute Gasteiger partial charge is 0.0204 e. The maximum Gasteiger partial charge on any atom is 0.0204 e. The highest BCUT2D eigenvalue weighted by Gasteiger charge is 2.35. The minimum absolute atomic E-state index is 0.479. The fourth-order valence-corrected chi connectivity index (χ4v) is 2.37. The molecular formula is C11H23N. The van der Waals surface area contributed by atoms with Crippen LogP contribution in [0.1, 0.15) is 47.0 Å². The molecule has 0 aromatic carbocycles. The molecule has 1 nitrogen and oxygen atoms in total. The van der Waals surface area contributed by atoms with Crippen molar-refractivity contribution in [3.8, 4) is 0 Å². The summed E-state index contributed by atoms with van der Waals surface area (Å²) in [6.45, 7) is 12.0. The Morgan fingerprint density at radius 1 is 1.33 bits per heavy atom. The Hall–Kier alpha value is -0.0400. The van der Waals surface area contributed by atoms with Crippen molar-refractivity contribution in [3.05, 3.63) is 0 Å². The van der Waals surface area contributed by atoms with Gasteiger partial charge in [0, 0.05) is 5.54 Å². The van der Waals surface area contributed by atoms with Crippen LogP contribution in [0, 0.1) is 5.92 Å². The fourth-order valence-electron chi connectivity index (χ4n) is 2.37. The normalized spacial score (nSPS) is 32.8. The molecule has 0 aromatic heterocycles. The van der Waals surface area contributed by atoms with Crippen LogP contribution in [-0.2, 0) is 0 Å². The molecule has 72 valence electrons. The molecule has 1 heterocycles. The SMILES string of the molecule is CCN1CCCCC1(C)C(C)C. The zero-order valence-electron chi connectivity index (χ0n) is 9.06. The third-order valence-electron chi connectivity index (χ3n) is 3.71. The lowest BCUT2D eigenvalue weighted by molar-refractivity contribution is 0.0281. The van der Waals surface area contributed by atoms with Crippen LogP contribution in [0.25, 0.3) is 0 Å². The monoisotopic (exact) mass is 169 g/mol. The second kappa shape index (κ2) is 3.78. The molecule has 1 fully saturated rings. The van der Waals surface area contributed by atoms with Gasteiger partial charge in [0.05, 0.1) is 0 Å². The summed E-state index contributed by atoms with van der Waals surface area (Å²) in [7, 11) is 0. The predicted molar refractivity (Wildman–Crippen MR) is 54.3 cm³/mol. The molecule has 1 heteroatoms. The first-order valence-electron chi connectivity index (χ1n) is 5.36. The van der Waals surface area contributed by atoms with E-state index in [2.05, 4.69) is 32.6 Å². The first-order chi connectivity index (χ1) is 5.61. The van der Waals surface area contributed by atoms with E-state index < -0.39 is 0 Å². The van der Waals surface area contributed by atoms with Gasteiger partial charge in [0.1, 0.15) is 0 Å². The van der Waals surface area contributed by atoms with Crippen molar-refractivity contribution in [2.24, 2.45) is 5.92 Å². The molecule has 0 bridgehead atoms. The summed E-state index contributed by atoms with van der Waals surface area (Å²) in [6.07, 6.45) is 4.21. The molecule has 0 spiro atoms. The van der Waals surface area contributed by atoms with Gasteiger partial charge in [-0.3, -0.25) is 4.90 Å². The van der Waals surface area contributed by atoms with Gasteiger partial charge in [-0.2, -0.15) is 0 Å². The van der Waals surface area contributed by atoms with Gasteiger partial charge in [0.2, 0.25) is 0 Å². The minimum atomic E-state index is 0.479. The Morgan fingerprint density at radius 2 is 2.00 bits per heavy atom. The highest BCUT2D eigenvalue weighted by Crippen LogP contribution is 2.33. The maximum atomic E-state index is 2.65. The molecule has 1 aliphatic rings. The third kappa shape index (κ3) is 1.66. The number of nitrogens with zero attached hydrogens (tertiary/aromatic N) is 1. The van der Waals surface area contributed by atoms with Crippen molar-refractivity contribution >= 4 is 0 Å². The summed E-state index contributed by atoms with van der Waals surface area (Å²) >= 11 is 0. The molecule has 0 aromatic rings. The van der Waals surface area contributed by atoms with Gasteiger partial charge in [-0.05, 0) is 38.8 Å². The van der Waals surface area contributed by atoms with Gasteiger partial charge in [-0.1, -0.05) is 27.2 Å². The Labute approximate surface area is 77.1 Å². The third-order valence-corrected chi connectivity index (χ3v) is 3.71. The molecule has 0 aliphatic carbocycles. The quantitative estimate of drug-likeness (QED) is 0.614. The van der Waals surface area contributed by atoms with Crippen LogP contribution in [-0.4, -0.2) is 23.5 Å². The van der Waals surface area contributed by atoms with Gasteiger partial charge in [0.25, 0.3) is 0 Å². The molecule has 1 aliphatic heterocycles. The van der Waals surface area contributed by atoms with Gasteiger partial charge < -0.3 is 0 Å². The number of rotatable bonds is 2. The zero-order chi connectivity index (χ0) is 9.19. The van der Waals surface area contributed by atoms with Crippen LogP contribution in [0.5, 0.6) is 0 Å².